The molecule has 7 nitrogen and oxygen atoms in total. The monoisotopic (exact) mass is 440 g/mol. The van der Waals surface area contributed by atoms with Crippen molar-refractivity contribution in [3.8, 4) is 17.0 Å². The number of nitrogens with zero attached hydrogens (tertiary/aromatic N) is 2. The molecule has 1 unspecified atom stereocenters. The Kier molecular flexibility index (Phi) is 7.83. The van der Waals surface area contributed by atoms with Crippen molar-refractivity contribution in [2.24, 2.45) is 11.7 Å². The molecule has 3 N–H and O–H groups in total. The molecule has 1 aromatic carbocycles. The van der Waals surface area contributed by atoms with E-state index >= 15 is 0 Å². The summed E-state index contributed by atoms with van der Waals surface area (Å²) in [5.74, 6) is -0.119. The topological polar surface area (TPSA) is 99.4 Å². The van der Waals surface area contributed by atoms with Gasteiger partial charge in [-0.05, 0) is 50.5 Å². The number of ether oxygens (including phenoxy) is 2. The number of halogens is 3. The van der Waals surface area contributed by atoms with Crippen LogP contribution >= 0.6 is 0 Å². The van der Waals surface area contributed by atoms with Crippen LogP contribution in [0.25, 0.3) is 11.3 Å². The van der Waals surface area contributed by atoms with E-state index in [1.165, 1.54) is 24.4 Å². The van der Waals surface area contributed by atoms with Crippen LogP contribution in [0, 0.1) is 5.92 Å². The summed E-state index contributed by atoms with van der Waals surface area (Å²) in [4.78, 5) is 19.5. The summed E-state index contributed by atoms with van der Waals surface area (Å²) < 4.78 is 51.3. The SMILES string of the molecule is CCOC(=O)Nc1nccc(-c2ccc(OCC(C)(N)CC(C)C)c(C(F)(F)F)c2)n1. The van der Waals surface area contributed by atoms with E-state index in [9.17, 15) is 18.0 Å². The van der Waals surface area contributed by atoms with E-state index in [2.05, 4.69) is 15.3 Å². The zero-order valence-electron chi connectivity index (χ0n) is 17.9. The number of anilines is 1. The quantitative estimate of drug-likeness (QED) is 0.607. The van der Waals surface area contributed by atoms with Gasteiger partial charge in [-0.3, -0.25) is 5.32 Å². The molecule has 1 amide bonds. The van der Waals surface area contributed by atoms with Crippen LogP contribution < -0.4 is 15.8 Å². The fourth-order valence-electron chi connectivity index (χ4n) is 3.11. The van der Waals surface area contributed by atoms with Crippen LogP contribution in [-0.2, 0) is 10.9 Å². The number of alkyl halides is 3. The van der Waals surface area contributed by atoms with Gasteiger partial charge in [0.2, 0.25) is 5.95 Å². The van der Waals surface area contributed by atoms with Gasteiger partial charge in [0.1, 0.15) is 12.4 Å². The highest BCUT2D eigenvalue weighted by Gasteiger charge is 2.35. The second kappa shape index (κ2) is 9.95. The molecule has 0 aliphatic heterocycles. The lowest BCUT2D eigenvalue weighted by Crippen LogP contribution is -2.43. The molecule has 0 aliphatic rings. The fourth-order valence-corrected chi connectivity index (χ4v) is 3.11. The molecule has 0 fully saturated rings. The first-order chi connectivity index (χ1) is 14.4. The third kappa shape index (κ3) is 7.39. The van der Waals surface area contributed by atoms with E-state index < -0.39 is 23.4 Å². The zero-order valence-corrected chi connectivity index (χ0v) is 17.9. The standard InChI is InChI=1S/C21H27F3N4O3/c1-5-30-19(29)28-18-26-9-8-16(27-18)14-6-7-17(15(10-14)21(22,23)24)31-12-20(4,25)11-13(2)3/h6-10,13H,5,11-12,25H2,1-4H3,(H,26,27,28,29). The molecule has 2 aromatic rings. The number of carbonyl (C=O) groups excluding carboxylic acids is 1. The summed E-state index contributed by atoms with van der Waals surface area (Å²) in [5.41, 5.74) is 4.83. The van der Waals surface area contributed by atoms with E-state index in [1.807, 2.05) is 13.8 Å². The number of rotatable bonds is 8. The molecule has 1 heterocycles. The second-order valence-electron chi connectivity index (χ2n) is 7.86. The highest BCUT2D eigenvalue weighted by molar-refractivity contribution is 5.82. The van der Waals surface area contributed by atoms with Crippen LogP contribution in [0.15, 0.2) is 30.5 Å². The second-order valence-corrected chi connectivity index (χ2v) is 7.86. The predicted molar refractivity (Wildman–Crippen MR) is 111 cm³/mol. The Labute approximate surface area is 179 Å². The van der Waals surface area contributed by atoms with Gasteiger partial charge in [-0.2, -0.15) is 13.2 Å². The van der Waals surface area contributed by atoms with Crippen molar-refractivity contribution in [3.05, 3.63) is 36.0 Å². The lowest BCUT2D eigenvalue weighted by atomic mass is 9.93. The maximum atomic E-state index is 13.7. The van der Waals surface area contributed by atoms with Gasteiger partial charge in [-0.1, -0.05) is 13.8 Å². The van der Waals surface area contributed by atoms with Gasteiger partial charge in [0.25, 0.3) is 0 Å². The van der Waals surface area contributed by atoms with Crippen LogP contribution in [0.4, 0.5) is 23.9 Å². The Balaban J connectivity index is 2.30. The number of benzene rings is 1. The molecule has 0 radical (unpaired) electrons. The molecular formula is C21H27F3N4O3. The van der Waals surface area contributed by atoms with Crippen LogP contribution in [0.3, 0.4) is 0 Å². The molecule has 0 aliphatic carbocycles. The summed E-state index contributed by atoms with van der Waals surface area (Å²) in [6, 6.07) is 5.08. The summed E-state index contributed by atoms with van der Waals surface area (Å²) in [5, 5.41) is 2.32. The van der Waals surface area contributed by atoms with Crippen molar-refractivity contribution in [1.82, 2.24) is 9.97 Å². The maximum Gasteiger partial charge on any atom is 0.419 e. The minimum atomic E-state index is -4.65. The van der Waals surface area contributed by atoms with Crippen molar-refractivity contribution in [2.45, 2.75) is 45.8 Å². The number of nitrogens with two attached hydrogens (primary N) is 1. The van der Waals surface area contributed by atoms with Gasteiger partial charge in [0, 0.05) is 17.3 Å². The molecule has 0 saturated heterocycles. The number of hydrogen-bond acceptors (Lipinski definition) is 6. The lowest BCUT2D eigenvalue weighted by molar-refractivity contribution is -0.139. The van der Waals surface area contributed by atoms with Gasteiger partial charge < -0.3 is 15.2 Å². The average Bonchev–Trinajstić information content (AvgIpc) is 2.65. The normalized spacial score (nSPS) is 13.6. The molecule has 31 heavy (non-hydrogen) atoms. The van der Waals surface area contributed by atoms with E-state index in [4.69, 9.17) is 15.2 Å². The van der Waals surface area contributed by atoms with Gasteiger partial charge >= 0.3 is 12.3 Å². The Morgan fingerprint density at radius 1 is 1.26 bits per heavy atom. The van der Waals surface area contributed by atoms with Crippen LogP contribution in [0.1, 0.15) is 39.7 Å². The van der Waals surface area contributed by atoms with Crippen molar-refractivity contribution >= 4 is 12.0 Å². The Hall–Kier alpha value is -2.88. The van der Waals surface area contributed by atoms with Crippen molar-refractivity contribution in [3.63, 3.8) is 0 Å². The fraction of sp³-hybridized carbons (Fsp3) is 0.476. The minimum Gasteiger partial charge on any atom is -0.491 e. The van der Waals surface area contributed by atoms with E-state index in [0.29, 0.717) is 6.42 Å². The van der Waals surface area contributed by atoms with Crippen LogP contribution in [0.5, 0.6) is 5.75 Å². The first-order valence-electron chi connectivity index (χ1n) is 9.81. The van der Waals surface area contributed by atoms with Crippen molar-refractivity contribution in [1.29, 1.82) is 0 Å². The maximum absolute atomic E-state index is 13.7. The Morgan fingerprint density at radius 3 is 2.58 bits per heavy atom. The highest BCUT2D eigenvalue weighted by atomic mass is 19.4. The largest absolute Gasteiger partial charge is 0.491 e. The molecule has 0 spiro atoms. The van der Waals surface area contributed by atoms with Gasteiger partial charge in [-0.25, -0.2) is 14.8 Å². The number of aromatic nitrogens is 2. The van der Waals surface area contributed by atoms with E-state index in [0.717, 1.165) is 6.07 Å². The predicted octanol–water partition coefficient (Wildman–Crippen LogP) is 4.87. The smallest absolute Gasteiger partial charge is 0.419 e. The molecule has 2 rings (SSSR count). The molecule has 0 bridgehead atoms. The molecule has 1 aromatic heterocycles. The number of nitrogens with one attached hydrogen (secondary N) is 1. The van der Waals surface area contributed by atoms with Crippen molar-refractivity contribution in [2.75, 3.05) is 18.5 Å². The summed E-state index contributed by atoms with van der Waals surface area (Å²) in [7, 11) is 0. The Bertz CT molecular complexity index is 902. The number of hydrogen-bond donors (Lipinski definition) is 2. The first-order valence-corrected chi connectivity index (χ1v) is 9.81. The number of carbonyl (C=O) groups is 1. The molecular weight excluding hydrogens is 413 g/mol. The first kappa shape index (κ1) is 24.4. The van der Waals surface area contributed by atoms with Crippen LogP contribution in [-0.4, -0.2) is 34.8 Å². The average molecular weight is 440 g/mol. The van der Waals surface area contributed by atoms with Gasteiger partial charge in [0.15, 0.2) is 0 Å². The minimum absolute atomic E-state index is 0.0608. The number of amides is 1. The third-order valence-electron chi connectivity index (χ3n) is 4.16. The zero-order chi connectivity index (χ0) is 23.2. The third-order valence-corrected chi connectivity index (χ3v) is 4.16. The van der Waals surface area contributed by atoms with E-state index in [1.54, 1.807) is 13.8 Å². The molecule has 0 saturated carbocycles. The van der Waals surface area contributed by atoms with Crippen molar-refractivity contribution < 1.29 is 27.4 Å². The lowest BCUT2D eigenvalue weighted by Gasteiger charge is -2.27. The summed E-state index contributed by atoms with van der Waals surface area (Å²) in [6.07, 6.45) is -3.48. The van der Waals surface area contributed by atoms with Crippen LogP contribution in [0.2, 0.25) is 0 Å². The van der Waals surface area contributed by atoms with Gasteiger partial charge in [0.05, 0.1) is 17.9 Å². The summed E-state index contributed by atoms with van der Waals surface area (Å²) >= 11 is 0. The van der Waals surface area contributed by atoms with E-state index in [-0.39, 0.29) is 42.1 Å². The summed E-state index contributed by atoms with van der Waals surface area (Å²) in [6.45, 7) is 7.43. The molecule has 170 valence electrons. The molecule has 1 atom stereocenters. The highest BCUT2D eigenvalue weighted by Crippen LogP contribution is 2.39. The van der Waals surface area contributed by atoms with Gasteiger partial charge in [-0.15, -0.1) is 0 Å². The Morgan fingerprint density at radius 2 is 1.97 bits per heavy atom. The molecule has 10 heteroatoms.